The molecule has 0 spiro atoms. The van der Waals surface area contributed by atoms with Crippen molar-refractivity contribution in [1.82, 2.24) is 10.3 Å². The fourth-order valence-electron chi connectivity index (χ4n) is 1.72. The minimum Gasteiger partial charge on any atom is -0.345 e. The summed E-state index contributed by atoms with van der Waals surface area (Å²) in [5, 5.41) is 3.30. The van der Waals surface area contributed by atoms with E-state index in [9.17, 15) is 4.79 Å². The summed E-state index contributed by atoms with van der Waals surface area (Å²) >= 11 is 9.44. The molecular formula is C14H12BrClN2O. The Morgan fingerprint density at radius 2 is 2.11 bits per heavy atom. The van der Waals surface area contributed by atoms with Crippen LogP contribution in [0.5, 0.6) is 0 Å². The van der Waals surface area contributed by atoms with Crippen LogP contribution in [0.3, 0.4) is 0 Å². The van der Waals surface area contributed by atoms with Gasteiger partial charge in [0.05, 0.1) is 16.6 Å². The number of hydrogen-bond donors (Lipinski definition) is 1. The van der Waals surface area contributed by atoms with Gasteiger partial charge < -0.3 is 5.32 Å². The zero-order valence-corrected chi connectivity index (χ0v) is 12.6. The van der Waals surface area contributed by atoms with Gasteiger partial charge in [-0.25, -0.2) is 0 Å². The second-order valence-electron chi connectivity index (χ2n) is 4.07. The number of halogens is 2. The first-order valence-electron chi connectivity index (χ1n) is 5.74. The molecule has 98 valence electrons. The lowest BCUT2D eigenvalue weighted by atomic mass is 10.1. The minimum atomic E-state index is -0.235. The molecule has 0 saturated carbocycles. The highest BCUT2D eigenvalue weighted by atomic mass is 79.9. The van der Waals surface area contributed by atoms with Gasteiger partial charge in [0.1, 0.15) is 0 Å². The molecule has 19 heavy (non-hydrogen) atoms. The quantitative estimate of drug-likeness (QED) is 0.918. The molecule has 1 amide bonds. The molecule has 0 saturated heterocycles. The lowest BCUT2D eigenvalue weighted by Crippen LogP contribution is -2.27. The van der Waals surface area contributed by atoms with Gasteiger partial charge in [0.2, 0.25) is 0 Å². The van der Waals surface area contributed by atoms with E-state index in [1.165, 1.54) is 6.20 Å². The van der Waals surface area contributed by atoms with Crippen LogP contribution in [0.15, 0.2) is 47.2 Å². The molecule has 5 heteroatoms. The number of carbonyl (C=O) groups excluding carboxylic acids is 1. The van der Waals surface area contributed by atoms with Gasteiger partial charge in [-0.2, -0.15) is 0 Å². The Bertz CT molecular complexity index is 604. The van der Waals surface area contributed by atoms with Crippen LogP contribution in [0.1, 0.15) is 28.9 Å². The summed E-state index contributed by atoms with van der Waals surface area (Å²) in [5.74, 6) is -0.235. The molecule has 0 radical (unpaired) electrons. The fourth-order valence-corrected chi connectivity index (χ4v) is 2.54. The van der Waals surface area contributed by atoms with E-state index < -0.39 is 0 Å². The summed E-state index contributed by atoms with van der Waals surface area (Å²) in [5.41, 5.74) is 1.39. The molecule has 1 unspecified atom stereocenters. The maximum atomic E-state index is 12.1. The molecule has 2 aromatic rings. The van der Waals surface area contributed by atoms with E-state index in [2.05, 4.69) is 26.2 Å². The number of hydrogen-bond acceptors (Lipinski definition) is 2. The third-order valence-electron chi connectivity index (χ3n) is 2.73. The lowest BCUT2D eigenvalue weighted by molar-refractivity contribution is 0.0939. The summed E-state index contributed by atoms with van der Waals surface area (Å²) in [6.45, 7) is 1.92. The first-order chi connectivity index (χ1) is 9.09. The highest BCUT2D eigenvalue weighted by Gasteiger charge is 2.15. The van der Waals surface area contributed by atoms with Gasteiger partial charge in [-0.1, -0.05) is 45.7 Å². The van der Waals surface area contributed by atoms with Crippen molar-refractivity contribution in [3.63, 3.8) is 0 Å². The van der Waals surface area contributed by atoms with Gasteiger partial charge in [0, 0.05) is 16.9 Å². The van der Waals surface area contributed by atoms with E-state index in [0.717, 1.165) is 10.0 Å². The first kappa shape index (κ1) is 14.0. The van der Waals surface area contributed by atoms with Crippen LogP contribution in [-0.2, 0) is 0 Å². The predicted octanol–water partition coefficient (Wildman–Crippen LogP) is 3.99. The van der Waals surface area contributed by atoms with Gasteiger partial charge in [0.25, 0.3) is 5.91 Å². The van der Waals surface area contributed by atoms with Gasteiger partial charge in [-0.15, -0.1) is 0 Å². The van der Waals surface area contributed by atoms with E-state index in [-0.39, 0.29) is 11.9 Å². The average molecular weight is 340 g/mol. The predicted molar refractivity (Wildman–Crippen MR) is 79.3 cm³/mol. The molecule has 1 aromatic carbocycles. The standard InChI is InChI=1S/C14H12BrClN2O/c1-9(10-4-2-3-5-12(10)15)18-14(19)11-8-17-7-6-13(11)16/h2-9H,1H3,(H,18,19). The molecule has 1 aromatic heterocycles. The smallest absolute Gasteiger partial charge is 0.254 e. The molecule has 0 aliphatic rings. The number of carbonyl (C=O) groups is 1. The Labute approximate surface area is 125 Å². The summed E-state index contributed by atoms with van der Waals surface area (Å²) in [6, 6.07) is 9.23. The third kappa shape index (κ3) is 3.33. The number of pyridine rings is 1. The fraction of sp³-hybridized carbons (Fsp3) is 0.143. The number of rotatable bonds is 3. The van der Waals surface area contributed by atoms with Crippen molar-refractivity contribution in [3.8, 4) is 0 Å². The van der Waals surface area contributed by atoms with Crippen molar-refractivity contribution >= 4 is 33.4 Å². The summed E-state index contributed by atoms with van der Waals surface area (Å²) < 4.78 is 0.958. The highest BCUT2D eigenvalue weighted by Crippen LogP contribution is 2.23. The average Bonchev–Trinajstić information content (AvgIpc) is 2.39. The maximum absolute atomic E-state index is 12.1. The summed E-state index contributed by atoms with van der Waals surface area (Å²) in [4.78, 5) is 16.0. The molecule has 1 heterocycles. The van der Waals surface area contributed by atoms with Gasteiger partial charge in [-0.05, 0) is 24.6 Å². The highest BCUT2D eigenvalue weighted by molar-refractivity contribution is 9.10. The number of amides is 1. The van der Waals surface area contributed by atoms with E-state index >= 15 is 0 Å². The normalized spacial score (nSPS) is 11.9. The molecule has 1 N–H and O–H groups in total. The van der Waals surface area contributed by atoms with Gasteiger partial charge >= 0.3 is 0 Å². The Hall–Kier alpha value is -1.39. The summed E-state index contributed by atoms with van der Waals surface area (Å²) in [7, 11) is 0. The monoisotopic (exact) mass is 338 g/mol. The number of nitrogens with zero attached hydrogens (tertiary/aromatic N) is 1. The molecular weight excluding hydrogens is 328 g/mol. The lowest BCUT2D eigenvalue weighted by Gasteiger charge is -2.16. The molecule has 0 aliphatic heterocycles. The van der Waals surface area contributed by atoms with E-state index in [0.29, 0.717) is 10.6 Å². The Morgan fingerprint density at radius 3 is 2.79 bits per heavy atom. The van der Waals surface area contributed by atoms with Crippen molar-refractivity contribution < 1.29 is 4.79 Å². The Balaban J connectivity index is 2.16. The topological polar surface area (TPSA) is 42.0 Å². The third-order valence-corrected chi connectivity index (χ3v) is 3.78. The number of benzene rings is 1. The van der Waals surface area contributed by atoms with Crippen LogP contribution >= 0.6 is 27.5 Å². The second kappa shape index (κ2) is 6.17. The van der Waals surface area contributed by atoms with E-state index in [4.69, 9.17) is 11.6 Å². The van der Waals surface area contributed by atoms with Crippen molar-refractivity contribution in [1.29, 1.82) is 0 Å². The van der Waals surface area contributed by atoms with Crippen LogP contribution in [0.25, 0.3) is 0 Å². The summed E-state index contributed by atoms with van der Waals surface area (Å²) in [6.07, 6.45) is 3.01. The van der Waals surface area contributed by atoms with Crippen LogP contribution in [0.2, 0.25) is 5.02 Å². The van der Waals surface area contributed by atoms with Crippen molar-refractivity contribution in [2.75, 3.05) is 0 Å². The first-order valence-corrected chi connectivity index (χ1v) is 6.91. The van der Waals surface area contributed by atoms with Crippen LogP contribution in [0, 0.1) is 0 Å². The van der Waals surface area contributed by atoms with Crippen LogP contribution < -0.4 is 5.32 Å². The minimum absolute atomic E-state index is 0.126. The molecule has 0 fully saturated rings. The van der Waals surface area contributed by atoms with Gasteiger partial charge in [0.15, 0.2) is 0 Å². The molecule has 1 atom stereocenters. The number of nitrogens with one attached hydrogen (secondary N) is 1. The zero-order chi connectivity index (χ0) is 13.8. The number of aromatic nitrogens is 1. The zero-order valence-electron chi connectivity index (χ0n) is 10.2. The Kier molecular flexibility index (Phi) is 4.56. The SMILES string of the molecule is CC(NC(=O)c1cnccc1Cl)c1ccccc1Br. The largest absolute Gasteiger partial charge is 0.345 e. The van der Waals surface area contributed by atoms with Gasteiger partial charge in [-0.3, -0.25) is 9.78 Å². The van der Waals surface area contributed by atoms with Crippen LogP contribution in [0.4, 0.5) is 0 Å². The second-order valence-corrected chi connectivity index (χ2v) is 5.33. The van der Waals surface area contributed by atoms with Crippen molar-refractivity contribution in [3.05, 3.63) is 63.3 Å². The van der Waals surface area contributed by atoms with E-state index in [1.807, 2.05) is 31.2 Å². The van der Waals surface area contributed by atoms with E-state index in [1.54, 1.807) is 12.3 Å². The molecule has 2 rings (SSSR count). The molecule has 3 nitrogen and oxygen atoms in total. The Morgan fingerprint density at radius 1 is 1.37 bits per heavy atom. The maximum Gasteiger partial charge on any atom is 0.254 e. The van der Waals surface area contributed by atoms with Crippen molar-refractivity contribution in [2.24, 2.45) is 0 Å². The van der Waals surface area contributed by atoms with Crippen molar-refractivity contribution in [2.45, 2.75) is 13.0 Å². The van der Waals surface area contributed by atoms with Crippen LogP contribution in [-0.4, -0.2) is 10.9 Å². The molecule has 0 aliphatic carbocycles. The molecule has 0 bridgehead atoms.